The molecule has 2 aliphatic heterocycles. The lowest BCUT2D eigenvalue weighted by Crippen LogP contribution is -2.57. The van der Waals surface area contributed by atoms with Crippen molar-refractivity contribution in [3.05, 3.63) is 62.8 Å². The molecule has 3 heterocycles. The molecule has 2 bridgehead atoms. The predicted octanol–water partition coefficient (Wildman–Crippen LogP) is 2.06. The van der Waals surface area contributed by atoms with Crippen molar-refractivity contribution < 1.29 is 32.6 Å². The monoisotopic (exact) mass is 485 g/mol. The number of halogens is 4. The molecule has 12 heteroatoms. The summed E-state index contributed by atoms with van der Waals surface area (Å²) in [4.78, 5) is 39.7. The molecule has 2 fully saturated rings. The van der Waals surface area contributed by atoms with Gasteiger partial charge in [0.2, 0.25) is 5.43 Å². The van der Waals surface area contributed by atoms with Gasteiger partial charge in [0.05, 0.1) is 12.6 Å². The quantitative estimate of drug-likeness (QED) is 0.693. The van der Waals surface area contributed by atoms with E-state index in [0.717, 1.165) is 19.0 Å². The minimum absolute atomic E-state index is 0. The molecular formula is C21H19ClF3N3O5. The van der Waals surface area contributed by atoms with E-state index in [1.54, 1.807) is 0 Å². The van der Waals surface area contributed by atoms with Crippen molar-refractivity contribution in [3.8, 4) is 5.75 Å². The summed E-state index contributed by atoms with van der Waals surface area (Å²) >= 11 is 0. The Morgan fingerprint density at radius 2 is 1.88 bits per heavy atom. The van der Waals surface area contributed by atoms with E-state index in [1.807, 2.05) is 0 Å². The van der Waals surface area contributed by atoms with E-state index in [2.05, 4.69) is 5.32 Å². The molecule has 1 aliphatic carbocycles. The molecule has 1 aromatic carbocycles. The summed E-state index contributed by atoms with van der Waals surface area (Å²) < 4.78 is 47.9. The number of carbonyl (C=O) groups is 2. The summed E-state index contributed by atoms with van der Waals surface area (Å²) in [6.07, 6.45) is 2.86. The molecule has 1 aromatic heterocycles. The van der Waals surface area contributed by atoms with Gasteiger partial charge in [-0.25, -0.2) is 13.2 Å². The van der Waals surface area contributed by atoms with E-state index in [-0.39, 0.29) is 36.8 Å². The predicted molar refractivity (Wildman–Crippen MR) is 110 cm³/mol. The highest BCUT2D eigenvalue weighted by atomic mass is 35.5. The third kappa shape index (κ3) is 3.74. The number of hydrogen-bond acceptors (Lipinski definition) is 5. The number of benzene rings is 1. The highest BCUT2D eigenvalue weighted by Gasteiger charge is 2.47. The van der Waals surface area contributed by atoms with Crippen molar-refractivity contribution in [2.24, 2.45) is 0 Å². The van der Waals surface area contributed by atoms with Gasteiger partial charge in [-0.1, -0.05) is 0 Å². The number of hydrogen-bond donors (Lipinski definition) is 2. The minimum Gasteiger partial charge on any atom is -0.503 e. The topological polar surface area (TPSA) is 101 Å². The van der Waals surface area contributed by atoms with E-state index in [0.29, 0.717) is 18.6 Å². The molecule has 3 atom stereocenters. The van der Waals surface area contributed by atoms with Crippen LogP contribution in [0, 0.1) is 17.5 Å². The van der Waals surface area contributed by atoms with Gasteiger partial charge in [0.1, 0.15) is 23.0 Å². The molecule has 2 N–H and O–H groups in total. The molecule has 176 valence electrons. The molecule has 2 amide bonds. The number of nitrogens with one attached hydrogen (secondary N) is 1. The second-order valence-electron chi connectivity index (χ2n) is 8.14. The molecule has 2 aromatic rings. The van der Waals surface area contributed by atoms with Crippen LogP contribution in [0.3, 0.4) is 0 Å². The summed E-state index contributed by atoms with van der Waals surface area (Å²) in [5, 5.41) is 12.6. The number of carbonyl (C=O) groups excluding carboxylic acids is 2. The molecule has 8 nitrogen and oxygen atoms in total. The van der Waals surface area contributed by atoms with E-state index < -0.39 is 64.3 Å². The number of fused-ring (bicyclic) bond motifs is 5. The van der Waals surface area contributed by atoms with E-state index in [9.17, 15) is 32.7 Å². The van der Waals surface area contributed by atoms with Crippen LogP contribution < -0.4 is 10.7 Å². The van der Waals surface area contributed by atoms with Crippen molar-refractivity contribution in [1.82, 2.24) is 14.8 Å². The summed E-state index contributed by atoms with van der Waals surface area (Å²) in [5.74, 6) is -5.93. The number of nitrogens with zero attached hydrogens (tertiary/aromatic N) is 2. The van der Waals surface area contributed by atoms with Crippen LogP contribution in [-0.4, -0.2) is 44.8 Å². The Morgan fingerprint density at radius 3 is 2.58 bits per heavy atom. The van der Waals surface area contributed by atoms with Crippen molar-refractivity contribution in [2.75, 3.05) is 0 Å². The molecule has 3 aliphatic rings. The average Bonchev–Trinajstić information content (AvgIpc) is 3.10. The lowest BCUT2D eigenvalue weighted by atomic mass is 10.1. The van der Waals surface area contributed by atoms with Crippen molar-refractivity contribution >= 4 is 24.2 Å². The Labute approximate surface area is 191 Å². The number of aromatic hydroxyl groups is 1. The summed E-state index contributed by atoms with van der Waals surface area (Å²) in [6, 6.07) is 0.912. The first-order valence-electron chi connectivity index (χ1n) is 10.1. The van der Waals surface area contributed by atoms with Crippen molar-refractivity contribution in [3.63, 3.8) is 0 Å². The normalized spacial score (nSPS) is 22.9. The number of pyridine rings is 1. The fraction of sp³-hybridized carbons (Fsp3) is 0.381. The smallest absolute Gasteiger partial charge is 0.276 e. The zero-order valence-corrected chi connectivity index (χ0v) is 17.8. The summed E-state index contributed by atoms with van der Waals surface area (Å²) in [7, 11) is 0. The number of ether oxygens (including phenoxy) is 1. The van der Waals surface area contributed by atoms with Crippen LogP contribution >= 0.6 is 12.4 Å². The lowest BCUT2D eigenvalue weighted by molar-refractivity contribution is -0.132. The largest absolute Gasteiger partial charge is 0.503 e. The Kier molecular flexibility index (Phi) is 5.87. The van der Waals surface area contributed by atoms with Gasteiger partial charge in [-0.05, 0) is 19.3 Å². The van der Waals surface area contributed by atoms with Gasteiger partial charge in [0, 0.05) is 36.5 Å². The Hall–Kier alpha value is -3.05. The highest BCUT2D eigenvalue weighted by molar-refractivity contribution is 5.99. The standard InChI is InChI=1S/C21H18F3N3O5.ClH/c22-9-3-14(23)12(15(24)4-9)6-25-20(30)13-7-26-8-16-27(10-1-2-11(5-10)32-16)21(31)17(26)19(29)18(13)28;/h3-4,7,10-11,16,29H,1-2,5-6,8H2,(H,25,30);1H/t10-,11+,16+;/m0./s1. The molecular weight excluding hydrogens is 467 g/mol. The van der Waals surface area contributed by atoms with Gasteiger partial charge in [0.25, 0.3) is 11.8 Å². The molecule has 5 rings (SSSR count). The first-order chi connectivity index (χ1) is 15.2. The number of rotatable bonds is 3. The zero-order valence-electron chi connectivity index (χ0n) is 17.0. The van der Waals surface area contributed by atoms with Gasteiger partial charge < -0.3 is 24.6 Å². The zero-order chi connectivity index (χ0) is 22.7. The first-order valence-corrected chi connectivity index (χ1v) is 10.1. The summed E-state index contributed by atoms with van der Waals surface area (Å²) in [6.45, 7) is -0.538. The molecule has 0 radical (unpaired) electrons. The van der Waals surface area contributed by atoms with Crippen LogP contribution in [0.2, 0.25) is 0 Å². The third-order valence-electron chi connectivity index (χ3n) is 6.23. The van der Waals surface area contributed by atoms with Crippen LogP contribution in [0.15, 0.2) is 23.1 Å². The number of aromatic nitrogens is 1. The van der Waals surface area contributed by atoms with Crippen molar-refractivity contribution in [1.29, 1.82) is 0 Å². The minimum atomic E-state index is -1.19. The Morgan fingerprint density at radius 1 is 1.18 bits per heavy atom. The van der Waals surface area contributed by atoms with Crippen LogP contribution in [0.4, 0.5) is 13.2 Å². The number of amides is 2. The van der Waals surface area contributed by atoms with E-state index in [4.69, 9.17) is 4.74 Å². The maximum absolute atomic E-state index is 13.8. The van der Waals surface area contributed by atoms with E-state index >= 15 is 0 Å². The van der Waals surface area contributed by atoms with Gasteiger partial charge in [0.15, 0.2) is 17.7 Å². The van der Waals surface area contributed by atoms with Crippen LogP contribution in [-0.2, 0) is 17.8 Å². The van der Waals surface area contributed by atoms with Gasteiger partial charge >= 0.3 is 0 Å². The SMILES string of the molecule is Cl.O=C(NCc1c(F)cc(F)cc1F)c1cn2c(c(O)c1=O)C(=O)N1[C@H]3CC[C@H](C3)O[C@@H]1C2. The summed E-state index contributed by atoms with van der Waals surface area (Å²) in [5.41, 5.74) is -2.40. The lowest BCUT2D eigenvalue weighted by Gasteiger charge is -2.44. The maximum Gasteiger partial charge on any atom is 0.276 e. The van der Waals surface area contributed by atoms with Crippen molar-refractivity contribution in [2.45, 2.75) is 50.7 Å². The fourth-order valence-corrected chi connectivity index (χ4v) is 4.72. The van der Waals surface area contributed by atoms with Gasteiger partial charge in [-0.15, -0.1) is 12.4 Å². The molecule has 0 spiro atoms. The van der Waals surface area contributed by atoms with Crippen LogP contribution in [0.25, 0.3) is 0 Å². The maximum atomic E-state index is 13.8. The molecule has 1 saturated heterocycles. The Balaban J connectivity index is 0.00000259. The first kappa shape index (κ1) is 23.1. The molecule has 33 heavy (non-hydrogen) atoms. The third-order valence-corrected chi connectivity index (χ3v) is 6.23. The molecule has 0 unspecified atom stereocenters. The fourth-order valence-electron chi connectivity index (χ4n) is 4.72. The van der Waals surface area contributed by atoms with E-state index in [1.165, 1.54) is 9.47 Å². The second-order valence-corrected chi connectivity index (χ2v) is 8.14. The van der Waals surface area contributed by atoms with Crippen LogP contribution in [0.1, 0.15) is 45.7 Å². The Bertz CT molecular complexity index is 1200. The highest BCUT2D eigenvalue weighted by Crippen LogP contribution is 2.38. The van der Waals surface area contributed by atoms with Gasteiger partial charge in [-0.3, -0.25) is 14.4 Å². The van der Waals surface area contributed by atoms with Gasteiger partial charge in [-0.2, -0.15) is 0 Å². The average molecular weight is 486 g/mol. The van der Waals surface area contributed by atoms with Crippen LogP contribution in [0.5, 0.6) is 5.75 Å². The molecule has 1 saturated carbocycles. The second kappa shape index (κ2) is 8.38.